The van der Waals surface area contributed by atoms with Crippen molar-refractivity contribution in [2.75, 3.05) is 18.2 Å². The van der Waals surface area contributed by atoms with Crippen molar-refractivity contribution in [1.82, 2.24) is 4.90 Å². The van der Waals surface area contributed by atoms with Gasteiger partial charge in [-0.05, 0) is 48.9 Å². The van der Waals surface area contributed by atoms with Gasteiger partial charge in [0.25, 0.3) is 17.7 Å². The summed E-state index contributed by atoms with van der Waals surface area (Å²) in [4.78, 5) is 52.6. The minimum absolute atomic E-state index is 0.0185. The number of imide groups is 1. The van der Waals surface area contributed by atoms with Crippen LogP contribution in [0.2, 0.25) is 0 Å². The zero-order valence-electron chi connectivity index (χ0n) is 17.6. The summed E-state index contributed by atoms with van der Waals surface area (Å²) in [7, 11) is 0. The highest BCUT2D eigenvalue weighted by molar-refractivity contribution is 7.98. The molecule has 0 saturated carbocycles. The van der Waals surface area contributed by atoms with Gasteiger partial charge in [0.05, 0.1) is 11.1 Å². The van der Waals surface area contributed by atoms with E-state index in [4.69, 9.17) is 4.74 Å². The van der Waals surface area contributed by atoms with Crippen LogP contribution in [0.3, 0.4) is 0 Å². The van der Waals surface area contributed by atoms with Gasteiger partial charge in [0, 0.05) is 10.6 Å². The van der Waals surface area contributed by atoms with E-state index in [1.807, 2.05) is 38.3 Å². The lowest BCUT2D eigenvalue weighted by Crippen LogP contribution is -2.46. The van der Waals surface area contributed by atoms with Crippen LogP contribution in [0.5, 0.6) is 0 Å². The molecule has 0 bridgehead atoms. The highest BCUT2D eigenvalue weighted by atomic mass is 32.2. The van der Waals surface area contributed by atoms with E-state index in [1.54, 1.807) is 42.1 Å². The fraction of sp³-hybridized carbons (Fsp3) is 0.304. The third kappa shape index (κ3) is 5.14. The van der Waals surface area contributed by atoms with Crippen LogP contribution >= 0.6 is 11.8 Å². The topological polar surface area (TPSA) is 92.8 Å². The zero-order chi connectivity index (χ0) is 22.5. The maximum atomic E-state index is 12.8. The normalized spacial score (nSPS) is 13.9. The molecule has 31 heavy (non-hydrogen) atoms. The molecular weight excluding hydrogens is 416 g/mol. The van der Waals surface area contributed by atoms with E-state index in [9.17, 15) is 19.2 Å². The molecule has 1 heterocycles. The molecule has 3 amide bonds. The number of carbonyl (C=O) groups excluding carboxylic acids is 4. The Labute approximate surface area is 185 Å². The van der Waals surface area contributed by atoms with Crippen LogP contribution in [-0.4, -0.2) is 47.5 Å². The van der Waals surface area contributed by atoms with Gasteiger partial charge in [0.2, 0.25) is 0 Å². The number of nitrogens with one attached hydrogen (secondary N) is 1. The van der Waals surface area contributed by atoms with E-state index in [0.717, 1.165) is 9.80 Å². The van der Waals surface area contributed by atoms with Gasteiger partial charge in [0.1, 0.15) is 6.04 Å². The van der Waals surface area contributed by atoms with Crippen molar-refractivity contribution < 1.29 is 23.9 Å². The summed E-state index contributed by atoms with van der Waals surface area (Å²) in [5.74, 6) is -2.32. The number of hydrogen-bond acceptors (Lipinski definition) is 6. The molecule has 3 rings (SSSR count). The summed E-state index contributed by atoms with van der Waals surface area (Å²) in [6.07, 6.45) is 2.17. The minimum atomic E-state index is -1.10. The number of anilines is 1. The standard InChI is InChI=1S/C23H24N2O5S/c1-14(2)11-19(25-21(27)17-9-4-5-10-18(17)22(25)28)23(29)30-13-20(26)24-15-7-6-8-16(12-15)31-3/h4-10,12,14,19H,11,13H2,1-3H3,(H,24,26). The van der Waals surface area contributed by atoms with Gasteiger partial charge in [-0.15, -0.1) is 11.8 Å². The van der Waals surface area contributed by atoms with E-state index >= 15 is 0 Å². The molecule has 1 unspecified atom stereocenters. The number of benzene rings is 2. The molecule has 1 aliphatic rings. The first-order chi connectivity index (χ1) is 14.8. The van der Waals surface area contributed by atoms with E-state index in [-0.39, 0.29) is 23.5 Å². The molecule has 7 nitrogen and oxygen atoms in total. The molecule has 0 saturated heterocycles. The Bertz CT molecular complexity index is 986. The van der Waals surface area contributed by atoms with Crippen LogP contribution in [0.15, 0.2) is 53.4 Å². The summed E-state index contributed by atoms with van der Waals surface area (Å²) in [6.45, 7) is 3.24. The predicted octanol–water partition coefficient (Wildman–Crippen LogP) is 3.60. The van der Waals surface area contributed by atoms with Crippen LogP contribution in [0.4, 0.5) is 5.69 Å². The molecule has 1 aliphatic heterocycles. The van der Waals surface area contributed by atoms with Gasteiger partial charge < -0.3 is 10.1 Å². The van der Waals surface area contributed by atoms with Crippen LogP contribution in [0.1, 0.15) is 41.0 Å². The number of fused-ring (bicyclic) bond motifs is 1. The maximum Gasteiger partial charge on any atom is 0.329 e. The summed E-state index contributed by atoms with van der Waals surface area (Å²) < 4.78 is 5.20. The molecule has 0 spiro atoms. The molecule has 1 atom stereocenters. The molecule has 0 fully saturated rings. The van der Waals surface area contributed by atoms with Crippen LogP contribution in [0, 0.1) is 5.92 Å². The van der Waals surface area contributed by atoms with Gasteiger partial charge in [-0.2, -0.15) is 0 Å². The van der Waals surface area contributed by atoms with Gasteiger partial charge in [-0.3, -0.25) is 19.3 Å². The molecule has 0 aliphatic carbocycles. The number of amides is 3. The average molecular weight is 441 g/mol. The van der Waals surface area contributed by atoms with Crippen molar-refractivity contribution in [2.45, 2.75) is 31.2 Å². The average Bonchev–Trinajstić information content (AvgIpc) is 3.01. The van der Waals surface area contributed by atoms with Crippen molar-refractivity contribution in [3.8, 4) is 0 Å². The summed E-state index contributed by atoms with van der Waals surface area (Å²) in [6, 6.07) is 12.6. The zero-order valence-corrected chi connectivity index (χ0v) is 18.4. The number of esters is 1. The Morgan fingerprint density at radius 2 is 1.68 bits per heavy atom. The molecular formula is C23H24N2O5S. The van der Waals surface area contributed by atoms with E-state index in [2.05, 4.69) is 5.32 Å². The number of thioether (sulfide) groups is 1. The van der Waals surface area contributed by atoms with E-state index < -0.39 is 36.3 Å². The van der Waals surface area contributed by atoms with Crippen molar-refractivity contribution in [3.63, 3.8) is 0 Å². The van der Waals surface area contributed by atoms with Gasteiger partial charge in [-0.25, -0.2) is 4.79 Å². The maximum absolute atomic E-state index is 12.8. The molecule has 162 valence electrons. The largest absolute Gasteiger partial charge is 0.454 e. The second kappa shape index (κ2) is 9.78. The van der Waals surface area contributed by atoms with Gasteiger partial charge in [0.15, 0.2) is 6.61 Å². The number of rotatable bonds is 8. The first kappa shape index (κ1) is 22.6. The van der Waals surface area contributed by atoms with Crippen molar-refractivity contribution in [3.05, 3.63) is 59.7 Å². The molecule has 0 radical (unpaired) electrons. The Kier molecular flexibility index (Phi) is 7.12. The second-order valence-electron chi connectivity index (χ2n) is 7.56. The van der Waals surface area contributed by atoms with Crippen LogP contribution in [-0.2, 0) is 14.3 Å². The van der Waals surface area contributed by atoms with Crippen LogP contribution in [0.25, 0.3) is 0 Å². The smallest absolute Gasteiger partial charge is 0.329 e. The molecule has 0 aromatic heterocycles. The monoisotopic (exact) mass is 440 g/mol. The molecule has 8 heteroatoms. The lowest BCUT2D eigenvalue weighted by atomic mass is 10.0. The van der Waals surface area contributed by atoms with Gasteiger partial charge >= 0.3 is 5.97 Å². The van der Waals surface area contributed by atoms with Crippen molar-refractivity contribution in [2.24, 2.45) is 5.92 Å². The summed E-state index contributed by atoms with van der Waals surface area (Å²) in [5, 5.41) is 2.68. The fourth-order valence-electron chi connectivity index (χ4n) is 3.38. The molecule has 1 N–H and O–H groups in total. The SMILES string of the molecule is CSc1cccc(NC(=O)COC(=O)C(CC(C)C)N2C(=O)c3ccccc3C2=O)c1. The highest BCUT2D eigenvalue weighted by Gasteiger charge is 2.43. The minimum Gasteiger partial charge on any atom is -0.454 e. The summed E-state index contributed by atoms with van der Waals surface area (Å²) in [5.41, 5.74) is 1.12. The Morgan fingerprint density at radius 3 is 2.26 bits per heavy atom. The van der Waals surface area contributed by atoms with Crippen LogP contribution < -0.4 is 5.32 Å². The lowest BCUT2D eigenvalue weighted by Gasteiger charge is -2.25. The molecule has 2 aromatic rings. The predicted molar refractivity (Wildman–Crippen MR) is 118 cm³/mol. The van der Waals surface area contributed by atoms with E-state index in [0.29, 0.717) is 5.69 Å². The second-order valence-corrected chi connectivity index (χ2v) is 8.44. The Balaban J connectivity index is 1.69. The van der Waals surface area contributed by atoms with Gasteiger partial charge in [-0.1, -0.05) is 32.0 Å². The Hall–Kier alpha value is -3.13. The summed E-state index contributed by atoms with van der Waals surface area (Å²) >= 11 is 1.54. The number of carbonyl (C=O) groups is 4. The number of hydrogen-bond donors (Lipinski definition) is 1. The first-order valence-electron chi connectivity index (χ1n) is 9.89. The third-order valence-corrected chi connectivity index (χ3v) is 5.53. The quantitative estimate of drug-likeness (QED) is 0.383. The third-order valence-electron chi connectivity index (χ3n) is 4.80. The fourth-order valence-corrected chi connectivity index (χ4v) is 3.83. The Morgan fingerprint density at radius 1 is 1.03 bits per heavy atom. The van der Waals surface area contributed by atoms with E-state index in [1.165, 1.54) is 0 Å². The number of ether oxygens (including phenoxy) is 1. The number of nitrogens with zero attached hydrogens (tertiary/aromatic N) is 1. The highest BCUT2D eigenvalue weighted by Crippen LogP contribution is 2.27. The van der Waals surface area contributed by atoms with Crippen molar-refractivity contribution in [1.29, 1.82) is 0 Å². The van der Waals surface area contributed by atoms with Crippen molar-refractivity contribution >= 4 is 41.1 Å². The first-order valence-corrected chi connectivity index (χ1v) is 11.1. The molecule has 2 aromatic carbocycles. The lowest BCUT2D eigenvalue weighted by molar-refractivity contribution is -0.151.